The van der Waals surface area contributed by atoms with E-state index >= 15 is 0 Å². The van der Waals surface area contributed by atoms with Gasteiger partial charge in [-0.3, -0.25) is 19.3 Å². The van der Waals surface area contributed by atoms with E-state index in [9.17, 15) is 9.59 Å². The molecule has 2 aromatic rings. The Balaban J connectivity index is 2.53. The molecule has 0 aliphatic rings. The molecule has 0 fully saturated rings. The summed E-state index contributed by atoms with van der Waals surface area (Å²) in [4.78, 5) is 30.8. The maximum Gasteiger partial charge on any atom is 0.329 e. The molecular weight excluding hydrogens is 278 g/mol. The van der Waals surface area contributed by atoms with Crippen molar-refractivity contribution < 1.29 is 0 Å². The van der Waals surface area contributed by atoms with Crippen LogP contribution in [0.25, 0.3) is 0 Å². The summed E-state index contributed by atoms with van der Waals surface area (Å²) in [5, 5.41) is 0.143. The smallest absolute Gasteiger partial charge is 0.297 e. The molecule has 20 heavy (non-hydrogen) atoms. The Morgan fingerprint density at radius 3 is 2.80 bits per heavy atom. The molecule has 0 saturated heterocycles. The lowest BCUT2D eigenvalue weighted by Crippen LogP contribution is -2.37. The van der Waals surface area contributed by atoms with Gasteiger partial charge in [-0.15, -0.1) is 0 Å². The number of H-pyrrole nitrogens is 1. The van der Waals surface area contributed by atoms with E-state index in [-0.39, 0.29) is 17.3 Å². The highest BCUT2D eigenvalue weighted by Gasteiger charge is 2.12. The van der Waals surface area contributed by atoms with Crippen molar-refractivity contribution in [3.8, 4) is 0 Å². The van der Waals surface area contributed by atoms with Gasteiger partial charge in [-0.05, 0) is 30.5 Å². The summed E-state index contributed by atoms with van der Waals surface area (Å²) in [6, 6.07) is 1.80. The zero-order valence-corrected chi connectivity index (χ0v) is 12.2. The van der Waals surface area contributed by atoms with Crippen LogP contribution >= 0.6 is 11.6 Å². The predicted octanol–water partition coefficient (Wildman–Crippen LogP) is 1.89. The molecule has 0 spiro atoms. The van der Waals surface area contributed by atoms with Crippen molar-refractivity contribution in [2.75, 3.05) is 0 Å². The first kappa shape index (κ1) is 14.5. The number of aromatic amines is 1. The van der Waals surface area contributed by atoms with Gasteiger partial charge < -0.3 is 0 Å². The van der Waals surface area contributed by atoms with E-state index in [1.54, 1.807) is 18.5 Å². The maximum absolute atomic E-state index is 12.4. The highest BCUT2D eigenvalue weighted by molar-refractivity contribution is 6.30. The minimum Gasteiger partial charge on any atom is -0.297 e. The third-order valence-electron chi connectivity index (χ3n) is 3.20. The van der Waals surface area contributed by atoms with E-state index < -0.39 is 5.69 Å². The van der Waals surface area contributed by atoms with E-state index in [0.29, 0.717) is 12.0 Å². The second-order valence-corrected chi connectivity index (χ2v) is 5.04. The first-order chi connectivity index (χ1) is 9.54. The van der Waals surface area contributed by atoms with Gasteiger partial charge in [-0.25, -0.2) is 4.79 Å². The number of aryl methyl sites for hydroxylation is 1. The van der Waals surface area contributed by atoms with Gasteiger partial charge in [-0.2, -0.15) is 0 Å². The monoisotopic (exact) mass is 293 g/mol. The summed E-state index contributed by atoms with van der Waals surface area (Å²) in [6.07, 6.45) is 4.68. The second-order valence-electron chi connectivity index (χ2n) is 4.67. The Labute approximate surface area is 121 Å². The molecule has 0 bridgehead atoms. The van der Waals surface area contributed by atoms with Crippen LogP contribution in [0.4, 0.5) is 0 Å². The molecule has 0 saturated carbocycles. The van der Waals surface area contributed by atoms with E-state index in [1.165, 1.54) is 4.57 Å². The Hall–Kier alpha value is -1.88. The first-order valence-corrected chi connectivity index (χ1v) is 6.83. The molecule has 0 atom stereocenters. The van der Waals surface area contributed by atoms with Crippen LogP contribution in [0.15, 0.2) is 28.0 Å². The lowest BCUT2D eigenvalue weighted by atomic mass is 10.1. The Bertz CT molecular complexity index is 734. The molecule has 2 aromatic heterocycles. The van der Waals surface area contributed by atoms with Crippen LogP contribution in [0.2, 0.25) is 5.15 Å². The quantitative estimate of drug-likeness (QED) is 0.875. The Morgan fingerprint density at radius 1 is 1.40 bits per heavy atom. The summed E-state index contributed by atoms with van der Waals surface area (Å²) in [7, 11) is 0. The first-order valence-electron chi connectivity index (χ1n) is 6.45. The largest absolute Gasteiger partial charge is 0.329 e. The van der Waals surface area contributed by atoms with Crippen LogP contribution in [0.5, 0.6) is 0 Å². The number of pyridine rings is 1. The molecule has 0 aromatic carbocycles. The number of aromatic nitrogens is 3. The molecule has 0 aliphatic carbocycles. The number of hydrogen-bond acceptors (Lipinski definition) is 3. The summed E-state index contributed by atoms with van der Waals surface area (Å²) >= 11 is 5.94. The summed E-state index contributed by atoms with van der Waals surface area (Å²) < 4.78 is 1.18. The molecule has 0 aliphatic heterocycles. The lowest BCUT2D eigenvalue weighted by molar-refractivity contribution is 0.677. The molecule has 2 rings (SSSR count). The van der Waals surface area contributed by atoms with Gasteiger partial charge >= 0.3 is 5.69 Å². The minimum absolute atomic E-state index is 0.143. The lowest BCUT2D eigenvalue weighted by Gasteiger charge is -2.10. The van der Waals surface area contributed by atoms with E-state index in [4.69, 9.17) is 11.6 Å². The average molecular weight is 294 g/mol. The minimum atomic E-state index is -0.490. The van der Waals surface area contributed by atoms with Crippen molar-refractivity contribution in [3.63, 3.8) is 0 Å². The van der Waals surface area contributed by atoms with Crippen LogP contribution < -0.4 is 11.2 Å². The van der Waals surface area contributed by atoms with Crippen molar-refractivity contribution >= 4 is 11.6 Å². The Morgan fingerprint density at radius 2 is 2.15 bits per heavy atom. The Kier molecular flexibility index (Phi) is 4.39. The molecule has 2 heterocycles. The normalized spacial score (nSPS) is 10.8. The van der Waals surface area contributed by atoms with Gasteiger partial charge in [0.1, 0.15) is 5.15 Å². The molecule has 6 heteroatoms. The van der Waals surface area contributed by atoms with Gasteiger partial charge in [-0.1, -0.05) is 24.9 Å². The predicted molar refractivity (Wildman–Crippen MR) is 78.4 cm³/mol. The van der Waals surface area contributed by atoms with Crippen molar-refractivity contribution in [3.05, 3.63) is 61.1 Å². The number of rotatable bonds is 4. The van der Waals surface area contributed by atoms with Gasteiger partial charge in [0.2, 0.25) is 0 Å². The summed E-state index contributed by atoms with van der Waals surface area (Å²) in [6.45, 7) is 4.07. The number of hydrogen-bond donors (Lipinski definition) is 1. The van der Waals surface area contributed by atoms with Gasteiger partial charge in [0.05, 0.1) is 12.1 Å². The van der Waals surface area contributed by atoms with Crippen molar-refractivity contribution in [2.24, 2.45) is 0 Å². The fourth-order valence-corrected chi connectivity index (χ4v) is 2.30. The molecular formula is C14H16ClN3O2. The molecule has 106 valence electrons. The maximum atomic E-state index is 12.4. The zero-order chi connectivity index (χ0) is 14.7. The van der Waals surface area contributed by atoms with Crippen molar-refractivity contribution in [1.82, 2.24) is 14.5 Å². The number of nitrogens with one attached hydrogen (secondary N) is 1. The molecule has 1 N–H and O–H groups in total. The van der Waals surface area contributed by atoms with E-state index in [2.05, 4.69) is 9.97 Å². The van der Waals surface area contributed by atoms with Crippen LogP contribution in [-0.4, -0.2) is 14.5 Å². The topological polar surface area (TPSA) is 67.8 Å². The average Bonchev–Trinajstić information content (AvgIpc) is 2.41. The molecule has 0 amide bonds. The van der Waals surface area contributed by atoms with Crippen LogP contribution in [-0.2, 0) is 13.0 Å². The third kappa shape index (κ3) is 2.82. The summed E-state index contributed by atoms with van der Waals surface area (Å²) in [5.74, 6) is 0. The van der Waals surface area contributed by atoms with Crippen LogP contribution in [0.1, 0.15) is 30.0 Å². The van der Waals surface area contributed by atoms with E-state index in [1.807, 2.05) is 13.8 Å². The van der Waals surface area contributed by atoms with Crippen molar-refractivity contribution in [2.45, 2.75) is 33.2 Å². The van der Waals surface area contributed by atoms with Crippen LogP contribution in [0, 0.1) is 6.92 Å². The second kappa shape index (κ2) is 6.05. The SMILES string of the molecule is CCCc1c(Cl)[nH]c(=O)n(Cc2ccncc2C)c1=O. The van der Waals surface area contributed by atoms with E-state index in [0.717, 1.165) is 17.5 Å². The highest BCUT2D eigenvalue weighted by Crippen LogP contribution is 2.09. The number of nitrogens with zero attached hydrogens (tertiary/aromatic N) is 2. The molecule has 5 nitrogen and oxygen atoms in total. The fraction of sp³-hybridized carbons (Fsp3) is 0.357. The highest BCUT2D eigenvalue weighted by atomic mass is 35.5. The van der Waals surface area contributed by atoms with Gasteiger partial charge in [0.15, 0.2) is 0 Å². The third-order valence-corrected chi connectivity index (χ3v) is 3.52. The fourth-order valence-electron chi connectivity index (χ4n) is 2.05. The van der Waals surface area contributed by atoms with Gasteiger partial charge in [0, 0.05) is 12.4 Å². The van der Waals surface area contributed by atoms with Crippen LogP contribution in [0.3, 0.4) is 0 Å². The number of halogens is 1. The zero-order valence-electron chi connectivity index (χ0n) is 11.4. The van der Waals surface area contributed by atoms with Crippen molar-refractivity contribution in [1.29, 1.82) is 0 Å². The molecule has 0 radical (unpaired) electrons. The molecule has 0 unspecified atom stereocenters. The summed E-state index contributed by atoms with van der Waals surface area (Å²) in [5.41, 5.74) is 1.47. The standard InChI is InChI=1S/C14H16ClN3O2/c1-3-4-11-12(15)17-14(20)18(13(11)19)8-10-5-6-16-7-9(10)2/h5-7H,3-4,8H2,1-2H3,(H,17,20). The van der Waals surface area contributed by atoms with Gasteiger partial charge in [0.25, 0.3) is 5.56 Å².